The molecule has 0 aromatic heterocycles. The predicted octanol–water partition coefficient (Wildman–Crippen LogP) is 22.9. The van der Waals surface area contributed by atoms with E-state index >= 15 is 0 Å². The van der Waals surface area contributed by atoms with E-state index in [1.54, 1.807) is 72.8 Å². The van der Waals surface area contributed by atoms with Crippen molar-refractivity contribution in [1.29, 1.82) is 0 Å². The molecule has 0 spiro atoms. The lowest BCUT2D eigenvalue weighted by Crippen LogP contribution is -2.12. The molecule has 0 atom stereocenters. The molecule has 0 radical (unpaired) electrons. The molecule has 0 saturated carbocycles. The zero-order valence-corrected chi connectivity index (χ0v) is 53.2. The molecule has 0 saturated heterocycles. The zero-order chi connectivity index (χ0) is 59.6. The van der Waals surface area contributed by atoms with Gasteiger partial charge >= 0.3 is 17.9 Å². The second-order valence-electron chi connectivity index (χ2n) is 23.7. The van der Waals surface area contributed by atoms with Crippen LogP contribution in [0.1, 0.15) is 322 Å². The van der Waals surface area contributed by atoms with E-state index in [-0.39, 0.29) is 17.2 Å². The van der Waals surface area contributed by atoms with Crippen molar-refractivity contribution in [2.24, 2.45) is 0 Å². The van der Waals surface area contributed by atoms with Crippen molar-refractivity contribution >= 4 is 17.9 Å². The van der Waals surface area contributed by atoms with E-state index < -0.39 is 17.9 Å². The lowest BCUT2D eigenvalue weighted by Gasteiger charge is -2.12. The number of unbranched alkanes of at least 4 members (excludes halogenated alkanes) is 39. The van der Waals surface area contributed by atoms with E-state index in [0.29, 0.717) is 53.8 Å². The molecule has 9 heteroatoms. The highest BCUT2D eigenvalue weighted by Gasteiger charge is 2.18. The molecule has 4 aromatic carbocycles. The molecule has 84 heavy (non-hydrogen) atoms. The average Bonchev–Trinajstić information content (AvgIpc) is 3.64. The minimum absolute atomic E-state index is 0.0331. The third-order valence-electron chi connectivity index (χ3n) is 16.1. The number of ether oxygens (including phenoxy) is 6. The van der Waals surface area contributed by atoms with Gasteiger partial charge in [0.05, 0.1) is 36.5 Å². The summed E-state index contributed by atoms with van der Waals surface area (Å²) in [5, 5.41) is 0. The maximum atomic E-state index is 13.6. The number of esters is 3. The van der Waals surface area contributed by atoms with Gasteiger partial charge in [0.2, 0.25) is 0 Å². The van der Waals surface area contributed by atoms with Crippen molar-refractivity contribution in [1.82, 2.24) is 0 Å². The Hall–Kier alpha value is -5.31. The highest BCUT2D eigenvalue weighted by atomic mass is 16.6. The molecule has 9 nitrogen and oxygen atoms in total. The normalized spacial score (nSPS) is 11.2. The molecule has 4 aromatic rings. The predicted molar refractivity (Wildman–Crippen MR) is 348 cm³/mol. The average molecular weight is 1160 g/mol. The molecule has 0 aliphatic rings. The van der Waals surface area contributed by atoms with E-state index in [9.17, 15) is 14.4 Å². The van der Waals surface area contributed by atoms with Gasteiger partial charge in [-0.15, -0.1) is 0 Å². The van der Waals surface area contributed by atoms with Gasteiger partial charge in [0, 0.05) is 18.2 Å². The molecule has 0 unspecified atom stereocenters. The summed E-state index contributed by atoms with van der Waals surface area (Å²) in [5.74, 6) is 0.230. The molecule has 0 N–H and O–H groups in total. The summed E-state index contributed by atoms with van der Waals surface area (Å²) in [4.78, 5) is 40.7. The smallest absolute Gasteiger partial charge is 0.343 e. The molecule has 468 valence electrons. The van der Waals surface area contributed by atoms with Crippen LogP contribution in [0.5, 0.6) is 34.5 Å². The minimum atomic E-state index is -0.636. The van der Waals surface area contributed by atoms with Gasteiger partial charge in [-0.1, -0.05) is 271 Å². The summed E-state index contributed by atoms with van der Waals surface area (Å²) in [7, 11) is 0. The highest BCUT2D eigenvalue weighted by molar-refractivity contribution is 5.93. The fourth-order valence-corrected chi connectivity index (χ4v) is 10.7. The summed E-state index contributed by atoms with van der Waals surface area (Å²) in [5.41, 5.74) is 0.911. The van der Waals surface area contributed by atoms with Crippen LogP contribution in [0, 0.1) is 0 Å². The molecule has 0 heterocycles. The van der Waals surface area contributed by atoms with Crippen LogP contribution in [0.15, 0.2) is 91.0 Å². The molecule has 0 amide bonds. The van der Waals surface area contributed by atoms with Crippen molar-refractivity contribution in [2.75, 3.05) is 19.8 Å². The van der Waals surface area contributed by atoms with Crippen molar-refractivity contribution in [3.8, 4) is 34.5 Å². The van der Waals surface area contributed by atoms with Gasteiger partial charge in [-0.05, 0) is 92.1 Å². The van der Waals surface area contributed by atoms with Crippen LogP contribution in [-0.4, -0.2) is 37.7 Å². The first-order valence-electron chi connectivity index (χ1n) is 34.4. The van der Waals surface area contributed by atoms with Crippen LogP contribution in [0.25, 0.3) is 0 Å². The van der Waals surface area contributed by atoms with Crippen LogP contribution in [0.2, 0.25) is 0 Å². The van der Waals surface area contributed by atoms with E-state index in [2.05, 4.69) is 20.8 Å². The lowest BCUT2D eigenvalue weighted by atomic mass is 10.0. The minimum Gasteiger partial charge on any atom is -0.494 e. The SMILES string of the molecule is CCCCCCCCCCCCCCCCOc1ccc(C(=O)Oc2cc(OC(=O)c3ccc(OCCCCCCCCCCCCCCCC)cc3)cc(OC(=O)c3ccc(OCCCCCCCCCCCCCCCC)cc3)c2)cc1. The van der Waals surface area contributed by atoms with Crippen LogP contribution in [0.3, 0.4) is 0 Å². The summed E-state index contributed by atoms with van der Waals surface area (Å²) < 4.78 is 35.5. The molecule has 0 fully saturated rings. The monoisotopic (exact) mass is 1160 g/mol. The maximum absolute atomic E-state index is 13.6. The summed E-state index contributed by atoms with van der Waals surface area (Å²) in [6.45, 7) is 8.66. The zero-order valence-electron chi connectivity index (χ0n) is 53.2. The van der Waals surface area contributed by atoms with Crippen molar-refractivity contribution in [3.63, 3.8) is 0 Å². The van der Waals surface area contributed by atoms with Gasteiger partial charge in [0.25, 0.3) is 0 Å². The van der Waals surface area contributed by atoms with Gasteiger partial charge in [-0.25, -0.2) is 14.4 Å². The second kappa shape index (κ2) is 48.9. The molecule has 4 rings (SSSR count). The molecule has 0 bridgehead atoms. The molecular formula is C75H114O9. The topological polar surface area (TPSA) is 107 Å². The third kappa shape index (κ3) is 35.2. The Bertz CT molecular complexity index is 1970. The Kier molecular flexibility index (Phi) is 41.4. The standard InChI is InChI=1S/C75H114O9/c1-4-7-10-13-16-19-22-25-28-31-34-37-40-43-58-79-67-52-46-64(47-53-67)73(76)82-70-61-71(83-74(77)65-48-54-68(55-49-65)80-59-44-41-38-35-32-29-26-23-20-17-14-11-8-5-2)63-72(62-70)84-75(78)66-50-56-69(57-51-66)81-60-45-42-39-36-33-30-27-24-21-18-15-12-9-6-3/h46-57,61-63H,4-45,58-60H2,1-3H3. The molecule has 0 aliphatic heterocycles. The number of hydrogen-bond acceptors (Lipinski definition) is 9. The molecular weight excluding hydrogens is 1040 g/mol. The first-order valence-corrected chi connectivity index (χ1v) is 34.4. The van der Waals surface area contributed by atoms with E-state index in [4.69, 9.17) is 28.4 Å². The van der Waals surface area contributed by atoms with E-state index in [0.717, 1.165) is 38.5 Å². The number of hydrogen-bond donors (Lipinski definition) is 0. The Morgan fingerprint density at radius 1 is 0.226 bits per heavy atom. The number of benzene rings is 4. The fourth-order valence-electron chi connectivity index (χ4n) is 10.7. The molecule has 0 aliphatic carbocycles. The Morgan fingerprint density at radius 2 is 0.393 bits per heavy atom. The fraction of sp³-hybridized carbons (Fsp3) is 0.640. The summed E-state index contributed by atoms with van der Waals surface area (Å²) >= 11 is 0. The van der Waals surface area contributed by atoms with Crippen LogP contribution >= 0.6 is 0 Å². The van der Waals surface area contributed by atoms with Crippen LogP contribution < -0.4 is 28.4 Å². The van der Waals surface area contributed by atoms with E-state index in [1.165, 1.54) is 249 Å². The third-order valence-corrected chi connectivity index (χ3v) is 16.1. The first-order chi connectivity index (χ1) is 41.4. The second-order valence-corrected chi connectivity index (χ2v) is 23.7. The first kappa shape index (κ1) is 71.2. The van der Waals surface area contributed by atoms with Crippen LogP contribution in [-0.2, 0) is 0 Å². The summed E-state index contributed by atoms with van der Waals surface area (Å²) in [6.07, 6.45) is 54.7. The number of rotatable bonds is 54. The van der Waals surface area contributed by atoms with Crippen molar-refractivity contribution in [2.45, 2.75) is 290 Å². The Labute approximate surface area is 510 Å². The lowest BCUT2D eigenvalue weighted by molar-refractivity contribution is 0.0730. The van der Waals surface area contributed by atoms with Crippen LogP contribution in [0.4, 0.5) is 0 Å². The number of carbonyl (C=O) groups excluding carboxylic acids is 3. The number of carbonyl (C=O) groups is 3. The van der Waals surface area contributed by atoms with Crippen molar-refractivity contribution < 1.29 is 42.8 Å². The van der Waals surface area contributed by atoms with E-state index in [1.807, 2.05) is 0 Å². The Morgan fingerprint density at radius 3 is 0.571 bits per heavy atom. The van der Waals surface area contributed by atoms with Gasteiger partial charge in [-0.2, -0.15) is 0 Å². The van der Waals surface area contributed by atoms with Crippen molar-refractivity contribution in [3.05, 3.63) is 108 Å². The largest absolute Gasteiger partial charge is 0.494 e. The van der Waals surface area contributed by atoms with Gasteiger partial charge in [0.1, 0.15) is 34.5 Å². The summed E-state index contributed by atoms with van der Waals surface area (Å²) in [6, 6.07) is 24.8. The van der Waals surface area contributed by atoms with Gasteiger partial charge in [0.15, 0.2) is 0 Å². The Balaban J connectivity index is 1.23. The maximum Gasteiger partial charge on any atom is 0.343 e. The quantitative estimate of drug-likeness (QED) is 0.0243. The highest BCUT2D eigenvalue weighted by Crippen LogP contribution is 2.31. The van der Waals surface area contributed by atoms with Gasteiger partial charge in [-0.3, -0.25) is 0 Å². The van der Waals surface area contributed by atoms with Gasteiger partial charge < -0.3 is 28.4 Å².